The van der Waals surface area contributed by atoms with Crippen LogP contribution in [0.5, 0.6) is 0 Å². The van der Waals surface area contributed by atoms with E-state index in [0.29, 0.717) is 23.4 Å². The molecular formula is C13H16N6OS. The third-order valence-corrected chi connectivity index (χ3v) is 3.93. The van der Waals surface area contributed by atoms with Crippen LogP contribution in [0, 0.1) is 5.92 Å². The predicted molar refractivity (Wildman–Crippen MR) is 78.7 cm³/mol. The molecule has 3 aromatic rings. The lowest BCUT2D eigenvalue weighted by atomic mass is 10.1. The first-order valence-corrected chi connectivity index (χ1v) is 7.69. The van der Waals surface area contributed by atoms with Gasteiger partial charge >= 0.3 is 0 Å². The van der Waals surface area contributed by atoms with Crippen molar-refractivity contribution >= 4 is 22.8 Å². The highest BCUT2D eigenvalue weighted by molar-refractivity contribution is 7.98. The summed E-state index contributed by atoms with van der Waals surface area (Å²) in [6.45, 7) is 4.25. The molecule has 3 heterocycles. The Morgan fingerprint density at radius 3 is 3.00 bits per heavy atom. The Morgan fingerprint density at radius 1 is 1.33 bits per heavy atom. The van der Waals surface area contributed by atoms with Gasteiger partial charge in [-0.1, -0.05) is 30.8 Å². The van der Waals surface area contributed by atoms with E-state index in [2.05, 4.69) is 39.1 Å². The molecule has 0 aliphatic rings. The average Bonchev–Trinajstić information content (AvgIpc) is 3.04. The number of fused-ring (bicyclic) bond motifs is 1. The van der Waals surface area contributed by atoms with Gasteiger partial charge in [-0.25, -0.2) is 9.97 Å². The summed E-state index contributed by atoms with van der Waals surface area (Å²) in [7, 11) is 1.86. The number of thioether (sulfide) groups is 1. The van der Waals surface area contributed by atoms with Crippen LogP contribution >= 0.6 is 11.8 Å². The Morgan fingerprint density at radius 2 is 2.19 bits per heavy atom. The van der Waals surface area contributed by atoms with Crippen LogP contribution in [0.2, 0.25) is 0 Å². The van der Waals surface area contributed by atoms with Crippen LogP contribution in [0.25, 0.3) is 11.0 Å². The molecule has 0 N–H and O–H groups in total. The molecule has 0 fully saturated rings. The highest BCUT2D eigenvalue weighted by atomic mass is 32.2. The zero-order valence-corrected chi connectivity index (χ0v) is 13.0. The van der Waals surface area contributed by atoms with Crippen molar-refractivity contribution in [3.05, 3.63) is 24.2 Å². The monoisotopic (exact) mass is 304 g/mol. The van der Waals surface area contributed by atoms with E-state index >= 15 is 0 Å². The largest absolute Gasteiger partial charge is 0.339 e. The minimum absolute atomic E-state index is 0.503. The Bertz CT molecular complexity index is 750. The van der Waals surface area contributed by atoms with E-state index in [4.69, 9.17) is 4.52 Å². The molecule has 8 heteroatoms. The highest BCUT2D eigenvalue weighted by Gasteiger charge is 2.12. The predicted octanol–water partition coefficient (Wildman–Crippen LogP) is 2.24. The topological polar surface area (TPSA) is 82.5 Å². The summed E-state index contributed by atoms with van der Waals surface area (Å²) < 4.78 is 6.96. The molecule has 7 nitrogen and oxygen atoms in total. The molecule has 3 rings (SSSR count). The Kier molecular flexibility index (Phi) is 3.87. The first-order valence-electron chi connectivity index (χ1n) is 6.70. The van der Waals surface area contributed by atoms with E-state index in [1.807, 2.05) is 7.05 Å². The summed E-state index contributed by atoms with van der Waals surface area (Å²) >= 11 is 1.56. The molecule has 0 bridgehead atoms. The molecule has 0 aromatic carbocycles. The summed E-state index contributed by atoms with van der Waals surface area (Å²) in [5.74, 6) is 2.49. The van der Waals surface area contributed by atoms with Crippen molar-refractivity contribution in [3.8, 4) is 0 Å². The average molecular weight is 304 g/mol. The fraction of sp³-hybridized carbons (Fsp3) is 0.462. The second-order valence-corrected chi connectivity index (χ2v) is 6.14. The molecule has 0 amide bonds. The highest BCUT2D eigenvalue weighted by Crippen LogP contribution is 2.26. The standard InChI is InChI=1S/C13H16N6OS/c1-8(2)4-11-17-10(18-20-11)6-21-13-9-5-16-19(3)12(9)14-7-15-13/h5,7-8H,4,6H2,1-3H3. The molecule has 21 heavy (non-hydrogen) atoms. The van der Waals surface area contributed by atoms with Crippen LogP contribution < -0.4 is 0 Å². The molecule has 0 aliphatic heterocycles. The minimum atomic E-state index is 0.503. The number of rotatable bonds is 5. The van der Waals surface area contributed by atoms with Gasteiger partial charge in [-0.05, 0) is 5.92 Å². The molecule has 0 saturated carbocycles. The Balaban J connectivity index is 1.73. The minimum Gasteiger partial charge on any atom is -0.339 e. The number of aromatic nitrogens is 6. The third-order valence-electron chi connectivity index (χ3n) is 2.92. The SMILES string of the molecule is CC(C)Cc1nc(CSc2ncnc3c2cnn3C)no1. The maximum atomic E-state index is 5.23. The van der Waals surface area contributed by atoms with Gasteiger partial charge in [0.25, 0.3) is 0 Å². The first kappa shape index (κ1) is 14.0. The van der Waals surface area contributed by atoms with Crippen molar-refractivity contribution in [1.82, 2.24) is 29.9 Å². The van der Waals surface area contributed by atoms with Crippen molar-refractivity contribution in [1.29, 1.82) is 0 Å². The summed E-state index contributed by atoms with van der Waals surface area (Å²) in [4.78, 5) is 12.9. The van der Waals surface area contributed by atoms with Gasteiger partial charge in [-0.2, -0.15) is 10.1 Å². The summed E-state index contributed by atoms with van der Waals surface area (Å²) in [6, 6.07) is 0. The zero-order chi connectivity index (χ0) is 14.8. The van der Waals surface area contributed by atoms with E-state index in [9.17, 15) is 0 Å². The van der Waals surface area contributed by atoms with Crippen molar-refractivity contribution in [2.45, 2.75) is 31.0 Å². The summed E-state index contributed by atoms with van der Waals surface area (Å²) in [5, 5.41) is 10.0. The molecule has 0 radical (unpaired) electrons. The maximum Gasteiger partial charge on any atom is 0.226 e. The van der Waals surface area contributed by atoms with Crippen LogP contribution in [-0.4, -0.2) is 29.9 Å². The van der Waals surface area contributed by atoms with E-state index in [0.717, 1.165) is 22.5 Å². The fourth-order valence-electron chi connectivity index (χ4n) is 1.97. The number of hydrogen-bond donors (Lipinski definition) is 0. The van der Waals surface area contributed by atoms with E-state index in [-0.39, 0.29) is 0 Å². The van der Waals surface area contributed by atoms with E-state index < -0.39 is 0 Å². The Labute approximate surface area is 126 Å². The molecule has 0 saturated heterocycles. The van der Waals surface area contributed by atoms with Crippen LogP contribution in [0.4, 0.5) is 0 Å². The maximum absolute atomic E-state index is 5.23. The second-order valence-electron chi connectivity index (χ2n) is 5.18. The quantitative estimate of drug-likeness (QED) is 0.528. The van der Waals surface area contributed by atoms with Gasteiger partial charge in [0.2, 0.25) is 5.89 Å². The molecule has 0 atom stereocenters. The normalized spacial score (nSPS) is 11.6. The van der Waals surface area contributed by atoms with Gasteiger partial charge in [-0.15, -0.1) is 0 Å². The van der Waals surface area contributed by atoms with Crippen molar-refractivity contribution < 1.29 is 4.52 Å². The van der Waals surface area contributed by atoms with Gasteiger partial charge < -0.3 is 4.52 Å². The number of nitrogens with zero attached hydrogens (tertiary/aromatic N) is 6. The van der Waals surface area contributed by atoms with Crippen LogP contribution in [0.15, 0.2) is 22.1 Å². The van der Waals surface area contributed by atoms with Gasteiger partial charge in [0, 0.05) is 13.5 Å². The molecular weight excluding hydrogens is 288 g/mol. The van der Waals surface area contributed by atoms with Gasteiger partial charge in [0.05, 0.1) is 17.3 Å². The van der Waals surface area contributed by atoms with E-state index in [1.165, 1.54) is 0 Å². The third kappa shape index (κ3) is 3.05. The first-order chi connectivity index (χ1) is 10.1. The summed E-state index contributed by atoms with van der Waals surface area (Å²) in [6.07, 6.45) is 4.13. The van der Waals surface area contributed by atoms with Gasteiger partial charge in [-0.3, -0.25) is 4.68 Å². The van der Waals surface area contributed by atoms with Crippen molar-refractivity contribution in [2.75, 3.05) is 0 Å². The lowest BCUT2D eigenvalue weighted by Crippen LogP contribution is -1.95. The summed E-state index contributed by atoms with van der Waals surface area (Å²) in [5.41, 5.74) is 0.820. The van der Waals surface area contributed by atoms with Gasteiger partial charge in [0.15, 0.2) is 11.5 Å². The lowest BCUT2D eigenvalue weighted by Gasteiger charge is -1.99. The van der Waals surface area contributed by atoms with Crippen molar-refractivity contribution in [3.63, 3.8) is 0 Å². The van der Waals surface area contributed by atoms with Crippen LogP contribution in [-0.2, 0) is 19.2 Å². The molecule has 3 aromatic heterocycles. The number of hydrogen-bond acceptors (Lipinski definition) is 7. The molecule has 110 valence electrons. The smallest absolute Gasteiger partial charge is 0.226 e. The van der Waals surface area contributed by atoms with Crippen LogP contribution in [0.3, 0.4) is 0 Å². The molecule has 0 aliphatic carbocycles. The molecule has 0 unspecified atom stereocenters. The zero-order valence-electron chi connectivity index (χ0n) is 12.1. The van der Waals surface area contributed by atoms with E-state index in [1.54, 1.807) is 29.0 Å². The lowest BCUT2D eigenvalue weighted by molar-refractivity contribution is 0.360. The Hall–Kier alpha value is -1.96. The number of aryl methyl sites for hydroxylation is 1. The second kappa shape index (κ2) is 5.80. The van der Waals surface area contributed by atoms with Crippen LogP contribution in [0.1, 0.15) is 25.6 Å². The fourth-order valence-corrected chi connectivity index (χ4v) is 2.77. The van der Waals surface area contributed by atoms with Gasteiger partial charge in [0.1, 0.15) is 11.4 Å². The van der Waals surface area contributed by atoms with Crippen molar-refractivity contribution in [2.24, 2.45) is 13.0 Å². The molecule has 0 spiro atoms.